The molecule has 0 saturated carbocycles. The minimum Gasteiger partial charge on any atom is -0.490 e. The topological polar surface area (TPSA) is 71.3 Å². The fraction of sp³-hybridized carbons (Fsp3) is 0.143. The summed E-state index contributed by atoms with van der Waals surface area (Å²) >= 11 is 6.80. The minimum absolute atomic E-state index is 0.0333. The molecule has 1 N–H and O–H groups in total. The van der Waals surface area contributed by atoms with E-state index in [4.69, 9.17) is 9.47 Å². The Morgan fingerprint density at radius 1 is 1.29 bits per heavy atom. The van der Waals surface area contributed by atoms with Crippen molar-refractivity contribution in [3.05, 3.63) is 69.1 Å². The molecule has 0 bridgehead atoms. The van der Waals surface area contributed by atoms with E-state index in [-0.39, 0.29) is 5.57 Å². The zero-order chi connectivity index (χ0) is 20.5. The predicted octanol–water partition coefficient (Wildman–Crippen LogP) is 5.72. The molecule has 7 heteroatoms. The van der Waals surface area contributed by atoms with Crippen molar-refractivity contribution in [2.75, 3.05) is 18.5 Å². The van der Waals surface area contributed by atoms with E-state index in [0.29, 0.717) is 40.4 Å². The predicted molar refractivity (Wildman–Crippen MR) is 117 cm³/mol. The first-order valence-corrected chi connectivity index (χ1v) is 9.95. The lowest BCUT2D eigenvalue weighted by atomic mass is 10.1. The van der Waals surface area contributed by atoms with Gasteiger partial charge in [0, 0.05) is 10.2 Å². The van der Waals surface area contributed by atoms with E-state index in [1.54, 1.807) is 36.4 Å². The van der Waals surface area contributed by atoms with Crippen LogP contribution in [-0.4, -0.2) is 19.1 Å². The molecule has 2 aromatic carbocycles. The molecule has 1 amide bonds. The molecular weight excluding hydrogens is 488 g/mol. The Morgan fingerprint density at radius 3 is 2.71 bits per heavy atom. The van der Waals surface area contributed by atoms with E-state index in [1.807, 2.05) is 19.1 Å². The zero-order valence-electron chi connectivity index (χ0n) is 15.2. The van der Waals surface area contributed by atoms with Crippen LogP contribution in [0.15, 0.2) is 63.6 Å². The van der Waals surface area contributed by atoms with Crippen molar-refractivity contribution in [1.82, 2.24) is 0 Å². The summed E-state index contributed by atoms with van der Waals surface area (Å²) in [7, 11) is 0. The van der Waals surface area contributed by atoms with Crippen LogP contribution in [0.1, 0.15) is 12.5 Å². The van der Waals surface area contributed by atoms with Crippen LogP contribution in [0, 0.1) is 11.3 Å². The lowest BCUT2D eigenvalue weighted by Crippen LogP contribution is -2.13. The van der Waals surface area contributed by atoms with Gasteiger partial charge in [0.2, 0.25) is 0 Å². The Hall–Kier alpha value is -2.56. The van der Waals surface area contributed by atoms with Gasteiger partial charge < -0.3 is 14.8 Å². The van der Waals surface area contributed by atoms with Crippen LogP contribution < -0.4 is 14.8 Å². The molecule has 0 fully saturated rings. The Labute approximate surface area is 180 Å². The van der Waals surface area contributed by atoms with E-state index >= 15 is 0 Å². The molecule has 0 atom stereocenters. The first kappa shape index (κ1) is 21.7. The number of carbonyl (C=O) groups excluding carboxylic acids is 1. The summed E-state index contributed by atoms with van der Waals surface area (Å²) in [4.78, 5) is 12.5. The quantitative estimate of drug-likeness (QED) is 0.283. The fourth-order valence-electron chi connectivity index (χ4n) is 2.30. The number of hydrogen-bond acceptors (Lipinski definition) is 4. The van der Waals surface area contributed by atoms with E-state index in [2.05, 4.69) is 43.8 Å². The molecule has 0 aliphatic rings. The average Bonchev–Trinajstić information content (AvgIpc) is 2.65. The second-order valence-electron chi connectivity index (χ2n) is 5.50. The molecule has 144 valence electrons. The molecule has 0 radical (unpaired) electrons. The van der Waals surface area contributed by atoms with Crippen molar-refractivity contribution in [2.24, 2.45) is 0 Å². The van der Waals surface area contributed by atoms with Gasteiger partial charge in [-0.25, -0.2) is 0 Å². The highest BCUT2D eigenvalue weighted by molar-refractivity contribution is 9.10. The fourth-order valence-corrected chi connectivity index (χ4v) is 3.27. The maximum atomic E-state index is 12.5. The number of nitrogens with one attached hydrogen (secondary N) is 1. The summed E-state index contributed by atoms with van der Waals surface area (Å²) < 4.78 is 12.7. The normalized spacial score (nSPS) is 10.7. The van der Waals surface area contributed by atoms with Crippen LogP contribution in [-0.2, 0) is 4.79 Å². The van der Waals surface area contributed by atoms with Crippen LogP contribution in [0.4, 0.5) is 5.69 Å². The first-order valence-electron chi connectivity index (χ1n) is 8.37. The van der Waals surface area contributed by atoms with Gasteiger partial charge in [0.15, 0.2) is 11.5 Å². The van der Waals surface area contributed by atoms with Crippen molar-refractivity contribution < 1.29 is 14.3 Å². The maximum Gasteiger partial charge on any atom is 0.266 e. The molecule has 0 aliphatic carbocycles. The summed E-state index contributed by atoms with van der Waals surface area (Å²) in [5, 5.41) is 12.1. The molecule has 28 heavy (non-hydrogen) atoms. The molecular formula is C21H18Br2N2O3. The largest absolute Gasteiger partial charge is 0.490 e. The van der Waals surface area contributed by atoms with E-state index in [1.165, 1.54) is 6.08 Å². The molecule has 0 spiro atoms. The highest BCUT2D eigenvalue weighted by Gasteiger charge is 2.14. The number of nitriles is 1. The number of nitrogens with zero attached hydrogens (tertiary/aromatic N) is 1. The third-order valence-electron chi connectivity index (χ3n) is 3.44. The van der Waals surface area contributed by atoms with Crippen molar-refractivity contribution in [1.29, 1.82) is 5.26 Å². The van der Waals surface area contributed by atoms with Gasteiger partial charge in [0.05, 0.1) is 11.1 Å². The monoisotopic (exact) mass is 504 g/mol. The molecule has 0 aliphatic heterocycles. The zero-order valence-corrected chi connectivity index (χ0v) is 18.3. The van der Waals surface area contributed by atoms with Gasteiger partial charge in [-0.3, -0.25) is 4.79 Å². The van der Waals surface area contributed by atoms with Gasteiger partial charge in [-0.05, 0) is 64.8 Å². The number of ether oxygens (including phenoxy) is 2. The number of halogens is 2. The highest BCUT2D eigenvalue weighted by Crippen LogP contribution is 2.37. The van der Waals surface area contributed by atoms with E-state index in [9.17, 15) is 10.1 Å². The SMILES string of the molecule is C=CCOc1c(Br)cc(/C=C(/C#N)C(=O)Nc2cccc(Br)c2)cc1OCC. The second kappa shape index (κ2) is 10.7. The minimum atomic E-state index is -0.498. The highest BCUT2D eigenvalue weighted by atomic mass is 79.9. The molecule has 2 aromatic rings. The van der Waals surface area contributed by atoms with Gasteiger partial charge in [-0.1, -0.05) is 34.7 Å². The number of amides is 1. The van der Waals surface area contributed by atoms with Crippen molar-refractivity contribution in [3.8, 4) is 17.6 Å². The molecule has 2 rings (SSSR count). The maximum absolute atomic E-state index is 12.5. The lowest BCUT2D eigenvalue weighted by molar-refractivity contribution is -0.112. The van der Waals surface area contributed by atoms with Crippen molar-refractivity contribution in [2.45, 2.75) is 6.92 Å². The Kier molecular flexibility index (Phi) is 8.30. The summed E-state index contributed by atoms with van der Waals surface area (Å²) in [6.07, 6.45) is 3.13. The smallest absolute Gasteiger partial charge is 0.266 e. The summed E-state index contributed by atoms with van der Waals surface area (Å²) in [6, 6.07) is 12.6. The third kappa shape index (κ3) is 5.98. The van der Waals surface area contributed by atoms with E-state index in [0.717, 1.165) is 4.47 Å². The molecule has 5 nitrogen and oxygen atoms in total. The summed E-state index contributed by atoms with van der Waals surface area (Å²) in [5.74, 6) is 0.548. The van der Waals surface area contributed by atoms with Gasteiger partial charge in [-0.15, -0.1) is 0 Å². The van der Waals surface area contributed by atoms with Crippen LogP contribution in [0.2, 0.25) is 0 Å². The standard InChI is InChI=1S/C21H18Br2N2O3/c1-3-8-28-20-18(23)10-14(11-19(20)27-4-2)9-15(13-24)21(26)25-17-7-5-6-16(22)12-17/h3,5-7,9-12H,1,4,8H2,2H3,(H,25,26)/b15-9-. The molecule has 0 saturated heterocycles. The Morgan fingerprint density at radius 2 is 2.07 bits per heavy atom. The lowest BCUT2D eigenvalue weighted by Gasteiger charge is -2.14. The Bertz CT molecular complexity index is 949. The van der Waals surface area contributed by atoms with Gasteiger partial charge in [-0.2, -0.15) is 5.26 Å². The van der Waals surface area contributed by atoms with Gasteiger partial charge in [0.1, 0.15) is 18.2 Å². The van der Waals surface area contributed by atoms with Crippen molar-refractivity contribution >= 4 is 49.5 Å². The van der Waals surface area contributed by atoms with Crippen LogP contribution in [0.3, 0.4) is 0 Å². The first-order chi connectivity index (χ1) is 13.5. The van der Waals surface area contributed by atoms with Crippen molar-refractivity contribution in [3.63, 3.8) is 0 Å². The number of carbonyl (C=O) groups is 1. The molecule has 0 heterocycles. The van der Waals surface area contributed by atoms with E-state index < -0.39 is 5.91 Å². The van der Waals surface area contributed by atoms with Gasteiger partial charge in [0.25, 0.3) is 5.91 Å². The third-order valence-corrected chi connectivity index (χ3v) is 4.52. The van der Waals surface area contributed by atoms with Crippen LogP contribution in [0.5, 0.6) is 11.5 Å². The molecule has 0 aromatic heterocycles. The van der Waals surface area contributed by atoms with Crippen LogP contribution in [0.25, 0.3) is 6.08 Å². The number of hydrogen-bond donors (Lipinski definition) is 1. The average molecular weight is 506 g/mol. The number of anilines is 1. The molecule has 0 unspecified atom stereocenters. The summed E-state index contributed by atoms with van der Waals surface area (Å²) in [6.45, 7) is 6.26. The Balaban J connectivity index is 2.33. The number of rotatable bonds is 8. The second-order valence-corrected chi connectivity index (χ2v) is 7.27. The van der Waals surface area contributed by atoms with Crippen LogP contribution >= 0.6 is 31.9 Å². The van der Waals surface area contributed by atoms with Gasteiger partial charge >= 0.3 is 0 Å². The summed E-state index contributed by atoms with van der Waals surface area (Å²) in [5.41, 5.74) is 1.18. The number of benzene rings is 2.